The van der Waals surface area contributed by atoms with E-state index in [2.05, 4.69) is 0 Å². The van der Waals surface area contributed by atoms with Crippen LogP contribution in [-0.4, -0.2) is 58.0 Å². The third kappa shape index (κ3) is 4.20. The van der Waals surface area contributed by atoms with E-state index in [4.69, 9.17) is 0 Å². The molecule has 0 bridgehead atoms. The highest BCUT2D eigenvalue weighted by Gasteiger charge is 2.37. The Morgan fingerprint density at radius 2 is 2.11 bits per heavy atom. The van der Waals surface area contributed by atoms with Crippen molar-refractivity contribution in [2.24, 2.45) is 5.92 Å². The van der Waals surface area contributed by atoms with Crippen molar-refractivity contribution in [3.05, 3.63) is 0 Å². The highest BCUT2D eigenvalue weighted by Crippen LogP contribution is 2.22. The van der Waals surface area contributed by atoms with Crippen LogP contribution in [0.5, 0.6) is 0 Å². The normalized spacial score (nSPS) is 20.3. The number of hydrogen-bond donors (Lipinski definition) is 1. The van der Waals surface area contributed by atoms with Crippen LogP contribution in [-0.2, 0) is 9.59 Å². The highest BCUT2D eigenvalue weighted by atomic mass is 16.3. The van der Waals surface area contributed by atoms with Crippen molar-refractivity contribution in [3.8, 4) is 0 Å². The summed E-state index contributed by atoms with van der Waals surface area (Å²) in [6.45, 7) is 10.5. The fraction of sp³-hybridized carbons (Fsp3) is 0.857. The number of likely N-dealkylation sites (tertiary alicyclic amines) is 1. The van der Waals surface area contributed by atoms with Crippen molar-refractivity contribution >= 4 is 11.8 Å². The predicted molar refractivity (Wildman–Crippen MR) is 73.5 cm³/mol. The molecular formula is C14H26N2O3. The fourth-order valence-electron chi connectivity index (χ4n) is 2.47. The second kappa shape index (κ2) is 5.90. The molecule has 0 saturated carbocycles. The number of rotatable bonds is 5. The van der Waals surface area contributed by atoms with Crippen LogP contribution in [0.25, 0.3) is 0 Å². The topological polar surface area (TPSA) is 60.9 Å². The molecule has 5 nitrogen and oxygen atoms in total. The molecule has 1 unspecified atom stereocenters. The lowest BCUT2D eigenvalue weighted by molar-refractivity contribution is -0.138. The molecule has 0 aromatic carbocycles. The van der Waals surface area contributed by atoms with Gasteiger partial charge in [-0.3, -0.25) is 9.59 Å². The molecule has 1 rings (SSSR count). The predicted octanol–water partition coefficient (Wildman–Crippen LogP) is 0.863. The zero-order chi connectivity index (χ0) is 14.8. The summed E-state index contributed by atoms with van der Waals surface area (Å²) in [7, 11) is 0. The smallest absolute Gasteiger partial charge is 0.228 e. The maximum absolute atomic E-state index is 12.4. The largest absolute Gasteiger partial charge is 0.389 e. The molecule has 0 aromatic heterocycles. The molecule has 0 aliphatic carbocycles. The van der Waals surface area contributed by atoms with Gasteiger partial charge < -0.3 is 14.9 Å². The Hall–Kier alpha value is -1.10. The molecule has 1 fully saturated rings. The molecule has 5 heteroatoms. The Morgan fingerprint density at radius 3 is 2.47 bits per heavy atom. The minimum Gasteiger partial charge on any atom is -0.389 e. The van der Waals surface area contributed by atoms with E-state index >= 15 is 0 Å². The number of carbonyl (C=O) groups excluding carboxylic acids is 2. The molecule has 1 N–H and O–H groups in total. The summed E-state index contributed by atoms with van der Waals surface area (Å²) in [6.07, 6.45) is 0.291. The third-order valence-corrected chi connectivity index (χ3v) is 3.40. The maximum Gasteiger partial charge on any atom is 0.228 e. The molecule has 110 valence electrons. The van der Waals surface area contributed by atoms with E-state index in [0.29, 0.717) is 26.1 Å². The van der Waals surface area contributed by atoms with Gasteiger partial charge in [-0.2, -0.15) is 0 Å². The van der Waals surface area contributed by atoms with E-state index in [1.54, 1.807) is 23.6 Å². The Bertz CT molecular complexity index is 347. The SMILES string of the molecule is CCN(CC(C)(C)O)C(=O)C1CC(=O)N(C(C)C)C1. The zero-order valence-corrected chi connectivity index (χ0v) is 12.6. The van der Waals surface area contributed by atoms with Crippen molar-refractivity contribution in [2.45, 2.75) is 52.7 Å². The van der Waals surface area contributed by atoms with E-state index in [1.165, 1.54) is 0 Å². The first-order chi connectivity index (χ1) is 8.65. The Kier molecular flexibility index (Phi) is 4.96. The molecule has 1 aliphatic heterocycles. The lowest BCUT2D eigenvalue weighted by atomic mass is 10.0. The van der Waals surface area contributed by atoms with Gasteiger partial charge in [0.05, 0.1) is 11.5 Å². The van der Waals surface area contributed by atoms with E-state index in [1.807, 2.05) is 20.8 Å². The third-order valence-electron chi connectivity index (χ3n) is 3.40. The van der Waals surface area contributed by atoms with Gasteiger partial charge >= 0.3 is 0 Å². The van der Waals surface area contributed by atoms with Gasteiger partial charge in [-0.15, -0.1) is 0 Å². The molecule has 0 spiro atoms. The Balaban J connectivity index is 2.70. The van der Waals surface area contributed by atoms with Crippen molar-refractivity contribution < 1.29 is 14.7 Å². The Labute approximate surface area is 115 Å². The summed E-state index contributed by atoms with van der Waals surface area (Å²) in [5.74, 6) is -0.244. The number of carbonyl (C=O) groups is 2. The molecule has 1 aliphatic rings. The van der Waals surface area contributed by atoms with Crippen LogP contribution in [0.15, 0.2) is 0 Å². The summed E-state index contributed by atoms with van der Waals surface area (Å²) in [5, 5.41) is 9.83. The minimum absolute atomic E-state index is 0.0267. The lowest BCUT2D eigenvalue weighted by Crippen LogP contribution is -2.45. The van der Waals surface area contributed by atoms with Gasteiger partial charge in [0, 0.05) is 32.1 Å². The van der Waals surface area contributed by atoms with Crippen molar-refractivity contribution in [2.75, 3.05) is 19.6 Å². The minimum atomic E-state index is -0.911. The van der Waals surface area contributed by atoms with Gasteiger partial charge in [-0.05, 0) is 34.6 Å². The standard InChI is InChI=1S/C14H26N2O3/c1-6-15(9-14(4,5)19)13(18)11-7-12(17)16(8-11)10(2)3/h10-11,19H,6-9H2,1-5H3. The number of aliphatic hydroxyl groups is 1. The van der Waals surface area contributed by atoms with Crippen LogP contribution >= 0.6 is 0 Å². The van der Waals surface area contributed by atoms with Gasteiger partial charge in [-0.1, -0.05) is 0 Å². The molecule has 1 saturated heterocycles. The number of likely N-dealkylation sites (N-methyl/N-ethyl adjacent to an activating group) is 1. The average Bonchev–Trinajstić information content (AvgIpc) is 2.66. The molecule has 1 atom stereocenters. The van der Waals surface area contributed by atoms with E-state index in [0.717, 1.165) is 0 Å². The fourth-order valence-corrected chi connectivity index (χ4v) is 2.47. The van der Waals surface area contributed by atoms with Crippen molar-refractivity contribution in [3.63, 3.8) is 0 Å². The molecular weight excluding hydrogens is 244 g/mol. The summed E-state index contributed by atoms with van der Waals surface area (Å²) < 4.78 is 0. The first-order valence-electron chi connectivity index (χ1n) is 6.96. The highest BCUT2D eigenvalue weighted by molar-refractivity contribution is 5.89. The van der Waals surface area contributed by atoms with Gasteiger partial charge in [0.1, 0.15) is 0 Å². The first kappa shape index (κ1) is 16.0. The lowest BCUT2D eigenvalue weighted by Gasteiger charge is -2.30. The number of amides is 2. The van der Waals surface area contributed by atoms with E-state index in [9.17, 15) is 14.7 Å². The van der Waals surface area contributed by atoms with Gasteiger partial charge in [-0.25, -0.2) is 0 Å². The van der Waals surface area contributed by atoms with E-state index < -0.39 is 5.60 Å². The van der Waals surface area contributed by atoms with Gasteiger partial charge in [0.15, 0.2) is 0 Å². The first-order valence-corrected chi connectivity index (χ1v) is 6.96. The van der Waals surface area contributed by atoms with Crippen LogP contribution in [0.2, 0.25) is 0 Å². The number of hydrogen-bond acceptors (Lipinski definition) is 3. The molecule has 2 amide bonds. The van der Waals surface area contributed by atoms with Crippen molar-refractivity contribution in [1.29, 1.82) is 0 Å². The summed E-state index contributed by atoms with van der Waals surface area (Å²) in [6, 6.07) is 0.134. The zero-order valence-electron chi connectivity index (χ0n) is 12.6. The Morgan fingerprint density at radius 1 is 1.53 bits per heavy atom. The van der Waals surface area contributed by atoms with Crippen LogP contribution in [0.4, 0.5) is 0 Å². The van der Waals surface area contributed by atoms with Gasteiger partial charge in [0.2, 0.25) is 11.8 Å². The molecule has 1 heterocycles. The second-order valence-electron chi connectivity index (χ2n) is 6.21. The quantitative estimate of drug-likeness (QED) is 0.806. The van der Waals surface area contributed by atoms with Crippen molar-refractivity contribution in [1.82, 2.24) is 9.80 Å². The molecule has 0 aromatic rings. The average molecular weight is 270 g/mol. The summed E-state index contributed by atoms with van der Waals surface area (Å²) in [5.41, 5.74) is -0.911. The summed E-state index contributed by atoms with van der Waals surface area (Å²) in [4.78, 5) is 27.6. The van der Waals surface area contributed by atoms with Crippen LogP contribution in [0, 0.1) is 5.92 Å². The summed E-state index contributed by atoms with van der Waals surface area (Å²) >= 11 is 0. The molecule has 19 heavy (non-hydrogen) atoms. The monoisotopic (exact) mass is 270 g/mol. The van der Waals surface area contributed by atoms with E-state index in [-0.39, 0.29) is 23.8 Å². The van der Waals surface area contributed by atoms with Crippen LogP contribution < -0.4 is 0 Å². The maximum atomic E-state index is 12.4. The number of nitrogens with zero attached hydrogens (tertiary/aromatic N) is 2. The van der Waals surface area contributed by atoms with Crippen LogP contribution in [0.1, 0.15) is 41.0 Å². The van der Waals surface area contributed by atoms with Crippen LogP contribution in [0.3, 0.4) is 0 Å². The molecule has 0 radical (unpaired) electrons. The second-order valence-corrected chi connectivity index (χ2v) is 6.21. The van der Waals surface area contributed by atoms with Gasteiger partial charge in [0.25, 0.3) is 0 Å².